The topological polar surface area (TPSA) is 61.5 Å². The molecule has 0 aliphatic rings. The van der Waals surface area contributed by atoms with Gasteiger partial charge in [0.05, 0.1) is 13.7 Å². The molecule has 0 heterocycles. The fraction of sp³-hybridized carbons (Fsp3) is 0.278. The van der Waals surface area contributed by atoms with E-state index in [1.807, 2.05) is 48.5 Å². The van der Waals surface area contributed by atoms with Gasteiger partial charge in [0.15, 0.2) is 0 Å². The third-order valence-electron chi connectivity index (χ3n) is 3.40. The van der Waals surface area contributed by atoms with Crippen LogP contribution in [-0.2, 0) is 16.0 Å². The zero-order valence-electron chi connectivity index (χ0n) is 12.9. The number of rotatable bonds is 6. The molecule has 1 unspecified atom stereocenters. The molecule has 0 aromatic heterocycles. The highest BCUT2D eigenvalue weighted by Crippen LogP contribution is 2.24. The summed E-state index contributed by atoms with van der Waals surface area (Å²) in [7, 11) is 1.65. The Hall–Kier alpha value is -2.33. The van der Waals surface area contributed by atoms with E-state index in [-0.39, 0.29) is 5.97 Å². The minimum atomic E-state index is -0.623. The maximum Gasteiger partial charge on any atom is 0.323 e. The Bertz CT molecular complexity index is 622. The lowest BCUT2D eigenvalue weighted by Gasteiger charge is -2.11. The minimum Gasteiger partial charge on any atom is -0.497 e. The molecular weight excluding hydrogens is 278 g/mol. The fourth-order valence-corrected chi connectivity index (χ4v) is 2.22. The van der Waals surface area contributed by atoms with Gasteiger partial charge in [-0.1, -0.05) is 36.4 Å². The summed E-state index contributed by atoms with van der Waals surface area (Å²) in [5.74, 6) is 0.463. The van der Waals surface area contributed by atoms with Crippen molar-refractivity contribution in [1.82, 2.24) is 0 Å². The molecule has 4 heteroatoms. The number of hydrogen-bond acceptors (Lipinski definition) is 4. The number of methoxy groups -OCH3 is 1. The summed E-state index contributed by atoms with van der Waals surface area (Å²) in [4.78, 5) is 11.5. The highest BCUT2D eigenvalue weighted by Gasteiger charge is 2.14. The van der Waals surface area contributed by atoms with E-state index in [9.17, 15) is 4.79 Å². The van der Waals surface area contributed by atoms with Gasteiger partial charge < -0.3 is 15.2 Å². The van der Waals surface area contributed by atoms with Crippen molar-refractivity contribution in [3.05, 3.63) is 54.1 Å². The zero-order valence-corrected chi connectivity index (χ0v) is 12.9. The van der Waals surface area contributed by atoms with Gasteiger partial charge in [-0.2, -0.15) is 0 Å². The largest absolute Gasteiger partial charge is 0.497 e. The predicted molar refractivity (Wildman–Crippen MR) is 86.7 cm³/mol. The monoisotopic (exact) mass is 299 g/mol. The molecule has 116 valence electrons. The molecule has 0 amide bonds. The normalized spacial score (nSPS) is 11.8. The Balaban J connectivity index is 2.08. The van der Waals surface area contributed by atoms with Crippen LogP contribution in [0.3, 0.4) is 0 Å². The minimum absolute atomic E-state index is 0.349. The predicted octanol–water partition coefficient (Wildman–Crippen LogP) is 2.80. The molecule has 2 N–H and O–H groups in total. The molecule has 0 radical (unpaired) electrons. The van der Waals surface area contributed by atoms with Crippen molar-refractivity contribution in [1.29, 1.82) is 0 Å². The Labute approximate surface area is 130 Å². The first kappa shape index (κ1) is 16.0. The van der Waals surface area contributed by atoms with Crippen molar-refractivity contribution in [2.24, 2.45) is 5.73 Å². The van der Waals surface area contributed by atoms with Gasteiger partial charge in [-0.05, 0) is 42.2 Å². The van der Waals surface area contributed by atoms with Gasteiger partial charge in [-0.15, -0.1) is 0 Å². The highest BCUT2D eigenvalue weighted by atomic mass is 16.5. The molecule has 0 aliphatic carbocycles. The maximum absolute atomic E-state index is 11.5. The molecule has 22 heavy (non-hydrogen) atoms. The van der Waals surface area contributed by atoms with Crippen molar-refractivity contribution < 1.29 is 14.3 Å². The van der Waals surface area contributed by atoms with E-state index in [4.69, 9.17) is 15.2 Å². The van der Waals surface area contributed by atoms with Crippen molar-refractivity contribution in [3.63, 3.8) is 0 Å². The molecule has 2 aromatic rings. The summed E-state index contributed by atoms with van der Waals surface area (Å²) in [6.07, 6.45) is 0.469. The van der Waals surface area contributed by atoms with Gasteiger partial charge in [-0.25, -0.2) is 0 Å². The molecule has 0 fully saturated rings. The molecular formula is C18H21NO3. The standard InChI is InChI=1S/C18H21NO3/c1-3-22-18(20)17(19)11-13-7-9-14(10-8-13)15-5-4-6-16(12-15)21-2/h4-10,12,17H,3,11,19H2,1-2H3. The van der Waals surface area contributed by atoms with Gasteiger partial charge in [-0.3, -0.25) is 4.79 Å². The van der Waals surface area contributed by atoms with Crippen LogP contribution in [-0.4, -0.2) is 25.7 Å². The maximum atomic E-state index is 11.5. The lowest BCUT2D eigenvalue weighted by atomic mass is 10.0. The average Bonchev–Trinajstić information content (AvgIpc) is 2.55. The SMILES string of the molecule is CCOC(=O)C(N)Cc1ccc(-c2cccc(OC)c2)cc1. The van der Waals surface area contributed by atoms with Gasteiger partial charge in [0, 0.05) is 0 Å². The molecule has 0 bridgehead atoms. The number of carbonyl (C=O) groups excluding carboxylic acids is 1. The third kappa shape index (κ3) is 4.09. The van der Waals surface area contributed by atoms with Crippen LogP contribution in [0.2, 0.25) is 0 Å². The first-order valence-electron chi connectivity index (χ1n) is 7.29. The number of benzene rings is 2. The van der Waals surface area contributed by atoms with E-state index >= 15 is 0 Å². The molecule has 0 saturated carbocycles. The lowest BCUT2D eigenvalue weighted by molar-refractivity contribution is -0.144. The van der Waals surface area contributed by atoms with Gasteiger partial charge in [0.25, 0.3) is 0 Å². The molecule has 0 saturated heterocycles. The Morgan fingerprint density at radius 1 is 1.14 bits per heavy atom. The van der Waals surface area contributed by atoms with Crippen LogP contribution < -0.4 is 10.5 Å². The smallest absolute Gasteiger partial charge is 0.323 e. The molecule has 4 nitrogen and oxygen atoms in total. The number of nitrogens with two attached hydrogens (primary N) is 1. The molecule has 0 spiro atoms. The number of ether oxygens (including phenoxy) is 2. The lowest BCUT2D eigenvalue weighted by Crippen LogP contribution is -2.34. The summed E-state index contributed by atoms with van der Waals surface area (Å²) >= 11 is 0. The second kappa shape index (κ2) is 7.61. The van der Waals surface area contributed by atoms with Crippen molar-refractivity contribution in [3.8, 4) is 16.9 Å². The summed E-state index contributed by atoms with van der Waals surface area (Å²) < 4.78 is 10.2. The molecule has 1 atom stereocenters. The second-order valence-electron chi connectivity index (χ2n) is 4.99. The van der Waals surface area contributed by atoms with Crippen LogP contribution >= 0.6 is 0 Å². The van der Waals surface area contributed by atoms with Crippen molar-refractivity contribution in [2.45, 2.75) is 19.4 Å². The highest BCUT2D eigenvalue weighted by molar-refractivity contribution is 5.76. The zero-order chi connectivity index (χ0) is 15.9. The Morgan fingerprint density at radius 3 is 2.50 bits per heavy atom. The average molecular weight is 299 g/mol. The third-order valence-corrected chi connectivity index (χ3v) is 3.40. The van der Waals surface area contributed by atoms with E-state index in [1.54, 1.807) is 14.0 Å². The summed E-state index contributed by atoms with van der Waals surface area (Å²) in [6, 6.07) is 15.3. The van der Waals surface area contributed by atoms with Gasteiger partial charge >= 0.3 is 5.97 Å². The van der Waals surface area contributed by atoms with Crippen molar-refractivity contribution in [2.75, 3.05) is 13.7 Å². The van der Waals surface area contributed by atoms with Gasteiger partial charge in [0.2, 0.25) is 0 Å². The molecule has 2 aromatic carbocycles. The summed E-state index contributed by atoms with van der Waals surface area (Å²) in [6.45, 7) is 2.12. The Morgan fingerprint density at radius 2 is 1.86 bits per heavy atom. The fourth-order valence-electron chi connectivity index (χ4n) is 2.22. The quantitative estimate of drug-likeness (QED) is 0.833. The van der Waals surface area contributed by atoms with E-state index < -0.39 is 6.04 Å². The first-order valence-corrected chi connectivity index (χ1v) is 7.29. The van der Waals surface area contributed by atoms with E-state index in [2.05, 4.69) is 0 Å². The van der Waals surface area contributed by atoms with E-state index in [0.29, 0.717) is 13.0 Å². The van der Waals surface area contributed by atoms with Crippen LogP contribution in [0.15, 0.2) is 48.5 Å². The second-order valence-corrected chi connectivity index (χ2v) is 4.99. The summed E-state index contributed by atoms with van der Waals surface area (Å²) in [5, 5.41) is 0. The van der Waals surface area contributed by atoms with Crippen LogP contribution in [0.5, 0.6) is 5.75 Å². The van der Waals surface area contributed by atoms with Gasteiger partial charge in [0.1, 0.15) is 11.8 Å². The summed E-state index contributed by atoms with van der Waals surface area (Å²) in [5.41, 5.74) is 9.01. The van der Waals surface area contributed by atoms with Crippen LogP contribution in [0.4, 0.5) is 0 Å². The number of esters is 1. The number of carbonyl (C=O) groups is 1. The molecule has 0 aliphatic heterocycles. The number of hydrogen-bond donors (Lipinski definition) is 1. The first-order chi connectivity index (χ1) is 10.6. The van der Waals surface area contributed by atoms with E-state index in [0.717, 1.165) is 22.4 Å². The van der Waals surface area contributed by atoms with Crippen molar-refractivity contribution >= 4 is 5.97 Å². The molecule has 2 rings (SSSR count). The Kier molecular flexibility index (Phi) is 5.55. The van der Waals surface area contributed by atoms with Crippen LogP contribution in [0, 0.1) is 0 Å². The van der Waals surface area contributed by atoms with Crippen LogP contribution in [0.1, 0.15) is 12.5 Å². The van der Waals surface area contributed by atoms with E-state index in [1.165, 1.54) is 0 Å². The van der Waals surface area contributed by atoms with Crippen LogP contribution in [0.25, 0.3) is 11.1 Å².